The van der Waals surface area contributed by atoms with Gasteiger partial charge in [0.15, 0.2) is 0 Å². The molecule has 8 nitrogen and oxygen atoms in total. The fourth-order valence-electron chi connectivity index (χ4n) is 2.75. The van der Waals surface area contributed by atoms with Crippen LogP contribution < -0.4 is 15.6 Å². The number of carbonyl (C=O) groups excluding carboxylic acids is 3. The molecule has 2 heterocycles. The summed E-state index contributed by atoms with van der Waals surface area (Å²) in [6, 6.07) is 8.79. The number of hydrogen-bond acceptors (Lipinski definition) is 6. The van der Waals surface area contributed by atoms with Crippen LogP contribution in [-0.4, -0.2) is 31.7 Å². The molecule has 1 fully saturated rings. The molecule has 3 rings (SSSR count). The van der Waals surface area contributed by atoms with Gasteiger partial charge in [0, 0.05) is 19.4 Å². The fourth-order valence-corrected chi connectivity index (χ4v) is 3.71. The summed E-state index contributed by atoms with van der Waals surface area (Å²) in [6.45, 7) is 1.62. The number of nitrogens with zero attached hydrogens (tertiary/aromatic N) is 3. The van der Waals surface area contributed by atoms with E-state index in [0.29, 0.717) is 23.1 Å². The number of thioether (sulfide) groups is 1. The predicted molar refractivity (Wildman–Crippen MR) is 89.6 cm³/mol. The van der Waals surface area contributed by atoms with E-state index in [2.05, 4.69) is 0 Å². The summed E-state index contributed by atoms with van der Waals surface area (Å²) in [5.74, 6) is -2.14. The van der Waals surface area contributed by atoms with Crippen LogP contribution in [0.2, 0.25) is 0 Å². The van der Waals surface area contributed by atoms with Crippen molar-refractivity contribution < 1.29 is 19.5 Å². The first kappa shape index (κ1) is 17.0. The number of aromatic nitrogens is 2. The molecule has 1 aliphatic rings. The van der Waals surface area contributed by atoms with Crippen LogP contribution >= 0.6 is 11.8 Å². The average Bonchev–Trinajstić information content (AvgIpc) is 2.94. The lowest BCUT2D eigenvalue weighted by Gasteiger charge is -2.12. The lowest BCUT2D eigenvalue weighted by molar-refractivity contribution is -0.305. The van der Waals surface area contributed by atoms with Crippen LogP contribution in [0, 0.1) is 6.92 Å². The highest BCUT2D eigenvalue weighted by Crippen LogP contribution is 2.33. The van der Waals surface area contributed by atoms with Crippen LogP contribution in [0.1, 0.15) is 12.1 Å². The van der Waals surface area contributed by atoms with E-state index in [0.717, 1.165) is 4.90 Å². The molecule has 1 aromatic heterocycles. The second-order valence-corrected chi connectivity index (χ2v) is 6.69. The van der Waals surface area contributed by atoms with E-state index in [1.165, 1.54) is 4.68 Å². The minimum atomic E-state index is -1.42. The number of benzene rings is 1. The van der Waals surface area contributed by atoms with Crippen LogP contribution in [-0.2, 0) is 16.6 Å². The van der Waals surface area contributed by atoms with Gasteiger partial charge < -0.3 is 9.90 Å². The average molecular weight is 360 g/mol. The van der Waals surface area contributed by atoms with Gasteiger partial charge in [-0.1, -0.05) is 30.0 Å². The van der Waals surface area contributed by atoms with Crippen molar-refractivity contribution >= 4 is 34.6 Å². The molecule has 1 atom stereocenters. The van der Waals surface area contributed by atoms with Crippen LogP contribution in [0.25, 0.3) is 5.69 Å². The number of rotatable bonds is 4. The van der Waals surface area contributed by atoms with Gasteiger partial charge in [0.25, 0.3) is 10.8 Å². The largest absolute Gasteiger partial charge is 0.550 e. The van der Waals surface area contributed by atoms with Crippen molar-refractivity contribution in [2.45, 2.75) is 18.6 Å². The van der Waals surface area contributed by atoms with Crippen molar-refractivity contribution in [2.75, 3.05) is 4.90 Å². The molecule has 0 saturated carbocycles. The Bertz CT molecular complexity index is 931. The Labute approximate surface area is 146 Å². The maximum absolute atomic E-state index is 12.9. The number of para-hydroxylation sites is 1. The van der Waals surface area contributed by atoms with Crippen molar-refractivity contribution in [3.63, 3.8) is 0 Å². The Balaban J connectivity index is 2.10. The first-order chi connectivity index (χ1) is 11.8. The maximum atomic E-state index is 12.9. The highest BCUT2D eigenvalue weighted by Gasteiger charge is 2.43. The van der Waals surface area contributed by atoms with Gasteiger partial charge in [0.2, 0.25) is 5.91 Å². The Morgan fingerprint density at radius 1 is 1.20 bits per heavy atom. The predicted octanol–water partition coefficient (Wildman–Crippen LogP) is 0.193. The number of amides is 2. The first-order valence-corrected chi connectivity index (χ1v) is 8.29. The SMILES string of the molecule is Cc1c(N2C(=O)S[C@@H](CC(=O)[O-])C2=O)c(=O)n(-c2ccccc2)n1C. The van der Waals surface area contributed by atoms with E-state index in [1.54, 1.807) is 49.0 Å². The van der Waals surface area contributed by atoms with Gasteiger partial charge in [-0.2, -0.15) is 0 Å². The minimum Gasteiger partial charge on any atom is -0.550 e. The highest BCUT2D eigenvalue weighted by molar-refractivity contribution is 8.15. The Hall–Kier alpha value is -2.81. The van der Waals surface area contributed by atoms with Crippen molar-refractivity contribution in [3.05, 3.63) is 46.4 Å². The normalized spacial score (nSPS) is 17.4. The van der Waals surface area contributed by atoms with Gasteiger partial charge in [-0.25, -0.2) is 9.58 Å². The van der Waals surface area contributed by atoms with Gasteiger partial charge in [-0.05, 0) is 19.1 Å². The molecule has 1 aliphatic heterocycles. The summed E-state index contributed by atoms with van der Waals surface area (Å²) in [6.07, 6.45) is -0.579. The quantitative estimate of drug-likeness (QED) is 0.771. The second kappa shape index (κ2) is 6.25. The summed E-state index contributed by atoms with van der Waals surface area (Å²) >= 11 is 0.592. The molecule has 0 radical (unpaired) electrons. The van der Waals surface area contributed by atoms with E-state index in [9.17, 15) is 24.3 Å². The first-order valence-electron chi connectivity index (χ1n) is 7.41. The summed E-state index contributed by atoms with van der Waals surface area (Å²) in [7, 11) is 1.64. The number of anilines is 1. The van der Waals surface area contributed by atoms with Crippen molar-refractivity contribution in [2.24, 2.45) is 7.05 Å². The zero-order chi connectivity index (χ0) is 18.3. The molecule has 9 heteroatoms. The zero-order valence-electron chi connectivity index (χ0n) is 13.5. The third kappa shape index (κ3) is 2.76. The van der Waals surface area contributed by atoms with Crippen molar-refractivity contribution in [1.82, 2.24) is 9.36 Å². The van der Waals surface area contributed by atoms with Crippen LogP contribution in [0.15, 0.2) is 35.1 Å². The van der Waals surface area contributed by atoms with E-state index in [-0.39, 0.29) is 5.69 Å². The Morgan fingerprint density at radius 3 is 2.44 bits per heavy atom. The third-order valence-corrected chi connectivity index (χ3v) is 5.06. The standard InChI is InChI=1S/C16H15N3O5S/c1-9-13(18-14(22)11(8-12(20)21)25-16(18)24)15(23)19(17(9)2)10-6-4-3-5-7-10/h3-7,11H,8H2,1-2H3,(H,20,21)/p-1/t11-/m0/s1. The maximum Gasteiger partial charge on any atom is 0.296 e. The van der Waals surface area contributed by atoms with Crippen molar-refractivity contribution in [3.8, 4) is 5.69 Å². The Morgan fingerprint density at radius 2 is 1.84 bits per heavy atom. The summed E-state index contributed by atoms with van der Waals surface area (Å²) in [5.41, 5.74) is 0.421. The molecular formula is C16H14N3O5S-. The molecule has 0 bridgehead atoms. The van der Waals surface area contributed by atoms with Gasteiger partial charge in [0.1, 0.15) is 5.69 Å². The topological polar surface area (TPSA) is 104 Å². The molecule has 0 unspecified atom stereocenters. The lowest BCUT2D eigenvalue weighted by Crippen LogP contribution is -2.37. The molecule has 0 N–H and O–H groups in total. The van der Waals surface area contributed by atoms with Gasteiger partial charge in [-0.3, -0.25) is 19.1 Å². The number of carbonyl (C=O) groups is 3. The monoisotopic (exact) mass is 360 g/mol. The summed E-state index contributed by atoms with van der Waals surface area (Å²) in [5, 5.41) is 9.01. The molecule has 0 spiro atoms. The van der Waals surface area contributed by atoms with Crippen molar-refractivity contribution in [1.29, 1.82) is 0 Å². The molecule has 1 saturated heterocycles. The molecule has 0 aliphatic carbocycles. The summed E-state index contributed by atoms with van der Waals surface area (Å²) in [4.78, 5) is 49.1. The smallest absolute Gasteiger partial charge is 0.296 e. The van der Waals surface area contributed by atoms with Crippen LogP contribution in [0.3, 0.4) is 0 Å². The molecule has 2 amide bonds. The van der Waals surface area contributed by atoms with Gasteiger partial charge >= 0.3 is 0 Å². The molecule has 130 valence electrons. The number of imide groups is 1. The second-order valence-electron chi connectivity index (χ2n) is 5.53. The van der Waals surface area contributed by atoms with Gasteiger partial charge in [-0.15, -0.1) is 0 Å². The molecular weight excluding hydrogens is 346 g/mol. The number of hydrogen-bond donors (Lipinski definition) is 0. The third-order valence-electron chi connectivity index (χ3n) is 4.02. The van der Waals surface area contributed by atoms with E-state index in [1.807, 2.05) is 0 Å². The molecule has 25 heavy (non-hydrogen) atoms. The number of carboxylic acid groups (broad SMARTS) is 1. The summed E-state index contributed by atoms with van der Waals surface area (Å²) < 4.78 is 2.90. The minimum absolute atomic E-state index is 0.0605. The number of aliphatic carboxylic acids is 1. The van der Waals surface area contributed by atoms with Crippen LogP contribution in [0.5, 0.6) is 0 Å². The highest BCUT2D eigenvalue weighted by atomic mass is 32.2. The van der Waals surface area contributed by atoms with E-state index >= 15 is 0 Å². The van der Waals surface area contributed by atoms with E-state index < -0.39 is 34.3 Å². The lowest BCUT2D eigenvalue weighted by atomic mass is 10.2. The number of carboxylic acids is 1. The molecule has 2 aromatic rings. The molecule has 1 aromatic carbocycles. The fraction of sp³-hybridized carbons (Fsp3) is 0.250. The van der Waals surface area contributed by atoms with Gasteiger partial charge in [0.05, 0.1) is 16.6 Å². The zero-order valence-corrected chi connectivity index (χ0v) is 14.3. The van der Waals surface area contributed by atoms with Crippen LogP contribution in [0.4, 0.5) is 10.5 Å². The van der Waals surface area contributed by atoms with E-state index in [4.69, 9.17) is 0 Å². The Kier molecular flexibility index (Phi) is 4.25.